The molecule has 1 rings (SSSR count). The van der Waals surface area contributed by atoms with Crippen LogP contribution in [0.3, 0.4) is 0 Å². The van der Waals surface area contributed by atoms with Gasteiger partial charge in [0, 0.05) is 21.1 Å². The highest BCUT2D eigenvalue weighted by Gasteiger charge is 2.31. The van der Waals surface area contributed by atoms with E-state index < -0.39 is 18.6 Å². The van der Waals surface area contributed by atoms with Crippen molar-refractivity contribution in [1.82, 2.24) is 15.1 Å². The van der Waals surface area contributed by atoms with E-state index in [-0.39, 0.29) is 30.5 Å². The maximum atomic E-state index is 12.3. The van der Waals surface area contributed by atoms with Crippen LogP contribution in [-0.4, -0.2) is 75.2 Å². The van der Waals surface area contributed by atoms with Crippen LogP contribution in [0.2, 0.25) is 0 Å². The van der Waals surface area contributed by atoms with Gasteiger partial charge in [-0.05, 0) is 37.1 Å². The number of hydrogen-bond acceptors (Lipinski definition) is 3. The fourth-order valence-corrected chi connectivity index (χ4v) is 2.45. The van der Waals surface area contributed by atoms with Crippen LogP contribution in [0, 0.1) is 13.8 Å². The number of rotatable bonds is 7. The number of amides is 1. The predicted molar refractivity (Wildman–Crippen MR) is 115 cm³/mol. The Morgan fingerprint density at radius 1 is 1.14 bits per heavy atom. The van der Waals surface area contributed by atoms with Gasteiger partial charge in [0.1, 0.15) is 18.9 Å². The zero-order chi connectivity index (χ0) is 20.6. The van der Waals surface area contributed by atoms with Crippen molar-refractivity contribution >= 4 is 35.8 Å². The summed E-state index contributed by atoms with van der Waals surface area (Å²) in [5.74, 6) is 0.494. The Morgan fingerprint density at radius 2 is 1.71 bits per heavy atom. The van der Waals surface area contributed by atoms with Gasteiger partial charge in [0.25, 0.3) is 0 Å². The van der Waals surface area contributed by atoms with Crippen molar-refractivity contribution < 1.29 is 22.7 Å². The number of alkyl halides is 3. The summed E-state index contributed by atoms with van der Waals surface area (Å²) in [4.78, 5) is 18.2. The number of nitrogens with one attached hydrogen (secondary N) is 1. The molecule has 160 valence electrons. The van der Waals surface area contributed by atoms with Crippen molar-refractivity contribution in [1.29, 1.82) is 0 Å². The van der Waals surface area contributed by atoms with Crippen LogP contribution in [0.1, 0.15) is 11.1 Å². The average molecular weight is 516 g/mol. The number of hydrogen-bond donors (Lipinski definition) is 1. The van der Waals surface area contributed by atoms with Crippen LogP contribution in [0.5, 0.6) is 5.75 Å². The summed E-state index contributed by atoms with van der Waals surface area (Å²) >= 11 is 0. The third-order valence-electron chi connectivity index (χ3n) is 3.70. The molecule has 0 saturated heterocycles. The molecule has 10 heteroatoms. The van der Waals surface area contributed by atoms with E-state index in [0.29, 0.717) is 24.0 Å². The quantitative estimate of drug-likeness (QED) is 0.344. The monoisotopic (exact) mass is 516 g/mol. The minimum atomic E-state index is -4.42. The molecular formula is C18H28F3IN4O2. The van der Waals surface area contributed by atoms with E-state index >= 15 is 0 Å². The van der Waals surface area contributed by atoms with Crippen LogP contribution in [0.15, 0.2) is 23.2 Å². The number of carbonyl (C=O) groups excluding carboxylic acids is 1. The van der Waals surface area contributed by atoms with Crippen LogP contribution < -0.4 is 10.1 Å². The molecule has 0 spiro atoms. The molecule has 0 aliphatic heterocycles. The third kappa shape index (κ3) is 10.00. The lowest BCUT2D eigenvalue weighted by molar-refractivity contribution is -0.157. The first-order valence-corrected chi connectivity index (χ1v) is 8.45. The van der Waals surface area contributed by atoms with Crippen LogP contribution in [-0.2, 0) is 4.79 Å². The molecule has 0 radical (unpaired) electrons. The Balaban J connectivity index is 0.00000729. The number of aliphatic imine (C=N–C) groups is 1. The standard InChI is InChI=1S/C18H27F3N4O2.HI/c1-13-8-14(2)10-15(9-13)27-7-6-24(4)17(22-3)23-11-16(26)25(5)12-18(19,20)21;/h8-10H,6-7,11-12H2,1-5H3,(H,22,23);1H. The number of ether oxygens (including phenoxy) is 1. The lowest BCUT2D eigenvalue weighted by Gasteiger charge is -2.24. The van der Waals surface area contributed by atoms with E-state index in [1.807, 2.05) is 26.0 Å². The van der Waals surface area contributed by atoms with E-state index in [1.54, 1.807) is 11.9 Å². The summed E-state index contributed by atoms with van der Waals surface area (Å²) in [6.07, 6.45) is -4.42. The Hall–Kier alpha value is -1.72. The first kappa shape index (κ1) is 26.3. The fourth-order valence-electron chi connectivity index (χ4n) is 2.45. The number of likely N-dealkylation sites (N-methyl/N-ethyl adjacent to an activating group) is 2. The van der Waals surface area contributed by atoms with Gasteiger partial charge in [0.15, 0.2) is 5.96 Å². The smallest absolute Gasteiger partial charge is 0.406 e. The van der Waals surface area contributed by atoms with Gasteiger partial charge >= 0.3 is 6.18 Å². The van der Waals surface area contributed by atoms with Gasteiger partial charge in [-0.2, -0.15) is 13.2 Å². The van der Waals surface area contributed by atoms with Crippen LogP contribution in [0.4, 0.5) is 13.2 Å². The highest BCUT2D eigenvalue weighted by atomic mass is 127. The maximum Gasteiger partial charge on any atom is 0.406 e. The second kappa shape index (κ2) is 12.0. The minimum Gasteiger partial charge on any atom is -0.492 e. The molecule has 0 bridgehead atoms. The van der Waals surface area contributed by atoms with Crippen molar-refractivity contribution in [3.05, 3.63) is 29.3 Å². The molecular weight excluding hydrogens is 488 g/mol. The molecule has 1 amide bonds. The molecule has 1 aromatic rings. The molecule has 0 heterocycles. The first-order chi connectivity index (χ1) is 12.5. The average Bonchev–Trinajstić information content (AvgIpc) is 2.52. The number of halogens is 4. The van der Waals surface area contributed by atoms with Crippen LogP contribution >= 0.6 is 24.0 Å². The van der Waals surface area contributed by atoms with Gasteiger partial charge in [0.05, 0.1) is 13.1 Å². The van der Waals surface area contributed by atoms with Crippen molar-refractivity contribution in [2.45, 2.75) is 20.0 Å². The largest absolute Gasteiger partial charge is 0.492 e. The zero-order valence-corrected chi connectivity index (χ0v) is 19.1. The normalized spacial score (nSPS) is 11.5. The number of carbonyl (C=O) groups is 1. The summed E-state index contributed by atoms with van der Waals surface area (Å²) in [6, 6.07) is 5.93. The number of guanidine groups is 1. The molecule has 28 heavy (non-hydrogen) atoms. The molecule has 0 unspecified atom stereocenters. The molecule has 0 atom stereocenters. The van der Waals surface area contributed by atoms with Gasteiger partial charge in [-0.3, -0.25) is 9.79 Å². The minimum absolute atomic E-state index is 0. The topological polar surface area (TPSA) is 57.2 Å². The zero-order valence-electron chi connectivity index (χ0n) is 16.8. The van der Waals surface area contributed by atoms with Crippen molar-refractivity contribution in [3.63, 3.8) is 0 Å². The lowest BCUT2D eigenvalue weighted by atomic mass is 10.1. The molecule has 0 saturated carbocycles. The van der Waals surface area contributed by atoms with Gasteiger partial charge in [-0.1, -0.05) is 6.07 Å². The van der Waals surface area contributed by atoms with E-state index in [0.717, 1.165) is 23.9 Å². The molecule has 0 aliphatic carbocycles. The van der Waals surface area contributed by atoms with Crippen molar-refractivity contribution in [2.75, 3.05) is 47.4 Å². The summed E-state index contributed by atoms with van der Waals surface area (Å²) in [7, 11) is 4.40. The number of nitrogens with zero attached hydrogens (tertiary/aromatic N) is 3. The van der Waals surface area contributed by atoms with Gasteiger partial charge < -0.3 is 19.9 Å². The lowest BCUT2D eigenvalue weighted by Crippen LogP contribution is -2.46. The van der Waals surface area contributed by atoms with E-state index in [1.165, 1.54) is 7.05 Å². The first-order valence-electron chi connectivity index (χ1n) is 8.45. The summed E-state index contributed by atoms with van der Waals surface area (Å²) in [5, 5.41) is 2.76. The van der Waals surface area contributed by atoms with E-state index in [2.05, 4.69) is 16.4 Å². The SMILES string of the molecule is CN=C(NCC(=O)N(C)CC(F)(F)F)N(C)CCOc1cc(C)cc(C)c1.I. The van der Waals surface area contributed by atoms with Crippen molar-refractivity contribution in [3.8, 4) is 5.75 Å². The Morgan fingerprint density at radius 3 is 2.21 bits per heavy atom. The highest BCUT2D eigenvalue weighted by molar-refractivity contribution is 14.0. The van der Waals surface area contributed by atoms with Crippen molar-refractivity contribution in [2.24, 2.45) is 4.99 Å². The van der Waals surface area contributed by atoms with E-state index in [4.69, 9.17) is 4.74 Å². The molecule has 1 N–H and O–H groups in total. The molecule has 0 fully saturated rings. The molecule has 6 nitrogen and oxygen atoms in total. The molecule has 1 aromatic carbocycles. The summed E-state index contributed by atoms with van der Waals surface area (Å²) in [5.41, 5.74) is 2.22. The summed E-state index contributed by atoms with van der Waals surface area (Å²) in [6.45, 7) is 3.30. The second-order valence-corrected chi connectivity index (χ2v) is 6.36. The fraction of sp³-hybridized carbons (Fsp3) is 0.556. The van der Waals surface area contributed by atoms with E-state index in [9.17, 15) is 18.0 Å². The van der Waals surface area contributed by atoms with Gasteiger partial charge in [-0.15, -0.1) is 24.0 Å². The maximum absolute atomic E-state index is 12.3. The number of benzene rings is 1. The molecule has 0 aromatic heterocycles. The number of aryl methyl sites for hydroxylation is 2. The Labute approximate surface area is 181 Å². The summed E-state index contributed by atoms with van der Waals surface area (Å²) < 4.78 is 42.7. The second-order valence-electron chi connectivity index (χ2n) is 6.36. The third-order valence-corrected chi connectivity index (χ3v) is 3.70. The highest BCUT2D eigenvalue weighted by Crippen LogP contribution is 2.16. The Kier molecular flexibility index (Phi) is 11.2. The van der Waals surface area contributed by atoms with Gasteiger partial charge in [0.2, 0.25) is 5.91 Å². The Bertz CT molecular complexity index is 648. The van der Waals surface area contributed by atoms with Crippen LogP contribution in [0.25, 0.3) is 0 Å². The molecule has 0 aliphatic rings. The van der Waals surface area contributed by atoms with Gasteiger partial charge in [-0.25, -0.2) is 0 Å². The predicted octanol–water partition coefficient (Wildman–Crippen LogP) is 2.83.